The molecule has 1 aliphatic carbocycles. The van der Waals surface area contributed by atoms with Gasteiger partial charge in [0.25, 0.3) is 0 Å². The Morgan fingerprint density at radius 2 is 1.90 bits per heavy atom. The highest BCUT2D eigenvalue weighted by molar-refractivity contribution is 6.13. The average molecular weight is 288 g/mol. The Kier molecular flexibility index (Phi) is 4.81. The van der Waals surface area contributed by atoms with Crippen molar-refractivity contribution >= 4 is 11.6 Å². The lowest BCUT2D eigenvalue weighted by atomic mass is 9.68. The molecule has 0 amide bonds. The van der Waals surface area contributed by atoms with Crippen LogP contribution in [0.1, 0.15) is 44.0 Å². The maximum Gasteiger partial charge on any atom is 0.177 e. The van der Waals surface area contributed by atoms with Gasteiger partial charge in [-0.25, -0.2) is 0 Å². The van der Waals surface area contributed by atoms with Gasteiger partial charge in [0.1, 0.15) is 11.5 Å². The largest absolute Gasteiger partial charge is 0.496 e. The summed E-state index contributed by atoms with van der Waals surface area (Å²) in [5, 5.41) is 0. The highest BCUT2D eigenvalue weighted by atomic mass is 16.5. The number of ether oxygens (including phenoxy) is 1. The summed E-state index contributed by atoms with van der Waals surface area (Å²) in [6.45, 7) is 6.12. The van der Waals surface area contributed by atoms with Crippen LogP contribution in [-0.4, -0.2) is 18.7 Å². The topological polar surface area (TPSA) is 43.4 Å². The molecule has 0 bridgehead atoms. The first-order valence-corrected chi connectivity index (χ1v) is 7.68. The summed E-state index contributed by atoms with van der Waals surface area (Å²) in [6.07, 6.45) is 1.83. The van der Waals surface area contributed by atoms with Gasteiger partial charge in [-0.1, -0.05) is 32.9 Å². The molecule has 0 N–H and O–H groups in total. The van der Waals surface area contributed by atoms with Crippen LogP contribution >= 0.6 is 0 Å². The fraction of sp³-hybridized carbons (Fsp3) is 0.556. The number of ketones is 2. The van der Waals surface area contributed by atoms with Crippen LogP contribution < -0.4 is 4.74 Å². The van der Waals surface area contributed by atoms with Crippen LogP contribution in [0.15, 0.2) is 24.3 Å². The molecule has 1 aromatic rings. The van der Waals surface area contributed by atoms with Gasteiger partial charge < -0.3 is 4.74 Å². The predicted octanol–water partition coefficient (Wildman–Crippen LogP) is 3.77. The Bertz CT molecular complexity index is 533. The van der Waals surface area contributed by atoms with E-state index in [1.54, 1.807) is 19.2 Å². The van der Waals surface area contributed by atoms with Gasteiger partial charge in [0.15, 0.2) is 5.78 Å². The van der Waals surface area contributed by atoms with E-state index in [9.17, 15) is 9.59 Å². The average Bonchev–Trinajstić information content (AvgIpc) is 2.46. The molecule has 2 rings (SSSR count). The SMILES string of the molecule is COc1ccccc1C(=O)[C@@H]1C(=O)[C@@H](C(C)C)CC[C@H]1C. The van der Waals surface area contributed by atoms with E-state index in [1.165, 1.54) is 0 Å². The number of carbonyl (C=O) groups excluding carboxylic acids is 2. The van der Waals surface area contributed by atoms with E-state index in [0.717, 1.165) is 12.8 Å². The zero-order valence-corrected chi connectivity index (χ0v) is 13.3. The Labute approximate surface area is 126 Å². The van der Waals surface area contributed by atoms with Crippen LogP contribution in [0.5, 0.6) is 5.75 Å². The zero-order valence-electron chi connectivity index (χ0n) is 13.3. The molecular weight excluding hydrogens is 264 g/mol. The van der Waals surface area contributed by atoms with Gasteiger partial charge in [-0.3, -0.25) is 9.59 Å². The number of methoxy groups -OCH3 is 1. The summed E-state index contributed by atoms with van der Waals surface area (Å²) >= 11 is 0. The Balaban J connectivity index is 2.34. The first-order valence-electron chi connectivity index (χ1n) is 7.68. The van der Waals surface area contributed by atoms with E-state index in [1.807, 2.05) is 19.1 Å². The number of carbonyl (C=O) groups is 2. The monoisotopic (exact) mass is 288 g/mol. The standard InChI is InChI=1S/C18H24O3/c1-11(2)13-10-9-12(3)16(17(13)19)18(20)14-7-5-6-8-15(14)21-4/h5-8,11-13,16H,9-10H2,1-4H3/t12-,13-,16+/m1/s1. The van der Waals surface area contributed by atoms with E-state index in [-0.39, 0.29) is 29.3 Å². The molecule has 1 aromatic carbocycles. The molecule has 1 fully saturated rings. The van der Waals surface area contributed by atoms with Gasteiger partial charge in [0.2, 0.25) is 0 Å². The molecule has 1 aliphatic rings. The number of hydrogen-bond donors (Lipinski definition) is 0. The second-order valence-corrected chi connectivity index (χ2v) is 6.35. The van der Waals surface area contributed by atoms with Crippen LogP contribution in [-0.2, 0) is 4.79 Å². The number of benzene rings is 1. The molecule has 0 aliphatic heterocycles. The van der Waals surface area contributed by atoms with Crippen molar-refractivity contribution in [1.82, 2.24) is 0 Å². The molecular formula is C18H24O3. The third kappa shape index (κ3) is 3.02. The highest BCUT2D eigenvalue weighted by Gasteiger charge is 2.42. The van der Waals surface area contributed by atoms with Crippen LogP contribution in [0.25, 0.3) is 0 Å². The van der Waals surface area contributed by atoms with Crippen molar-refractivity contribution in [3.63, 3.8) is 0 Å². The molecule has 0 aromatic heterocycles. The van der Waals surface area contributed by atoms with E-state index < -0.39 is 5.92 Å². The van der Waals surface area contributed by atoms with Gasteiger partial charge in [-0.05, 0) is 36.8 Å². The second kappa shape index (κ2) is 6.42. The molecule has 3 atom stereocenters. The molecule has 3 nitrogen and oxygen atoms in total. The fourth-order valence-corrected chi connectivity index (χ4v) is 3.33. The number of para-hydroxylation sites is 1. The summed E-state index contributed by atoms with van der Waals surface area (Å²) in [5.74, 6) is 0.444. The maximum atomic E-state index is 12.9. The first-order chi connectivity index (χ1) is 9.97. The highest BCUT2D eigenvalue weighted by Crippen LogP contribution is 2.37. The third-order valence-corrected chi connectivity index (χ3v) is 4.63. The van der Waals surface area contributed by atoms with Crippen molar-refractivity contribution in [2.45, 2.75) is 33.6 Å². The normalized spacial score (nSPS) is 26.0. The van der Waals surface area contributed by atoms with Crippen LogP contribution in [0.4, 0.5) is 0 Å². The van der Waals surface area contributed by atoms with Crippen molar-refractivity contribution < 1.29 is 14.3 Å². The predicted molar refractivity (Wildman–Crippen MR) is 82.5 cm³/mol. The van der Waals surface area contributed by atoms with Crippen molar-refractivity contribution in [3.05, 3.63) is 29.8 Å². The van der Waals surface area contributed by atoms with Gasteiger partial charge >= 0.3 is 0 Å². The van der Waals surface area contributed by atoms with Gasteiger partial charge in [0.05, 0.1) is 18.6 Å². The lowest BCUT2D eigenvalue weighted by molar-refractivity contribution is -0.130. The van der Waals surface area contributed by atoms with Crippen molar-refractivity contribution in [2.24, 2.45) is 23.7 Å². The zero-order chi connectivity index (χ0) is 15.6. The molecule has 21 heavy (non-hydrogen) atoms. The summed E-state index contributed by atoms with van der Waals surface area (Å²) in [7, 11) is 1.55. The van der Waals surface area contributed by atoms with E-state index >= 15 is 0 Å². The van der Waals surface area contributed by atoms with Crippen LogP contribution in [0, 0.1) is 23.7 Å². The smallest absolute Gasteiger partial charge is 0.177 e. The maximum absolute atomic E-state index is 12.9. The quantitative estimate of drug-likeness (QED) is 0.626. The molecule has 3 heteroatoms. The van der Waals surface area contributed by atoms with Gasteiger partial charge in [0, 0.05) is 5.92 Å². The van der Waals surface area contributed by atoms with Crippen LogP contribution in [0.2, 0.25) is 0 Å². The second-order valence-electron chi connectivity index (χ2n) is 6.35. The number of Topliss-reactive ketones (excluding diaryl/α,β-unsaturated/α-hetero) is 2. The molecule has 0 radical (unpaired) electrons. The summed E-state index contributed by atoms with van der Waals surface area (Å²) in [4.78, 5) is 25.6. The van der Waals surface area contributed by atoms with E-state index in [4.69, 9.17) is 4.74 Å². The van der Waals surface area contributed by atoms with E-state index in [0.29, 0.717) is 11.3 Å². The molecule has 0 heterocycles. The van der Waals surface area contributed by atoms with Gasteiger partial charge in [-0.15, -0.1) is 0 Å². The van der Waals surface area contributed by atoms with Crippen molar-refractivity contribution in [2.75, 3.05) is 7.11 Å². The molecule has 0 spiro atoms. The lowest BCUT2D eigenvalue weighted by Gasteiger charge is -2.34. The summed E-state index contributed by atoms with van der Waals surface area (Å²) in [5.41, 5.74) is 0.523. The minimum absolute atomic E-state index is 0.00450. The Morgan fingerprint density at radius 1 is 1.24 bits per heavy atom. The molecule has 0 saturated heterocycles. The third-order valence-electron chi connectivity index (χ3n) is 4.63. The number of hydrogen-bond acceptors (Lipinski definition) is 3. The fourth-order valence-electron chi connectivity index (χ4n) is 3.33. The molecule has 114 valence electrons. The van der Waals surface area contributed by atoms with Gasteiger partial charge in [-0.2, -0.15) is 0 Å². The first kappa shape index (κ1) is 15.7. The minimum atomic E-state index is -0.526. The summed E-state index contributed by atoms with van der Waals surface area (Å²) in [6, 6.07) is 7.16. The lowest BCUT2D eigenvalue weighted by Crippen LogP contribution is -2.41. The molecule has 0 unspecified atom stereocenters. The molecule has 1 saturated carbocycles. The van der Waals surface area contributed by atoms with Crippen LogP contribution in [0.3, 0.4) is 0 Å². The van der Waals surface area contributed by atoms with Crippen molar-refractivity contribution in [1.29, 1.82) is 0 Å². The van der Waals surface area contributed by atoms with E-state index in [2.05, 4.69) is 13.8 Å². The summed E-state index contributed by atoms with van der Waals surface area (Å²) < 4.78 is 5.27. The van der Waals surface area contributed by atoms with Crippen molar-refractivity contribution in [3.8, 4) is 5.75 Å². The number of rotatable bonds is 4. The Morgan fingerprint density at radius 3 is 2.52 bits per heavy atom. The minimum Gasteiger partial charge on any atom is -0.496 e. The Hall–Kier alpha value is -1.64.